The SMILES string of the molecule is C[C@]12C=CC(=O)CC1=CC[C@H]1[C@@H]3C[C@@H](O)[C@](O)(C(=O)COC(=O)NCC(=O)Oc4cccc(CO[N+](=O)[O-])c4)[C@@]3(C)C[C@H](O)[C@@]12F. The zero-order valence-corrected chi connectivity index (χ0v) is 25.1. The number of alkyl halides is 1. The molecule has 0 spiro atoms. The minimum atomic E-state index is -2.49. The van der Waals surface area contributed by atoms with Crippen molar-refractivity contribution in [2.75, 3.05) is 13.2 Å². The molecule has 8 atom stereocenters. The van der Waals surface area contributed by atoms with Crippen LogP contribution >= 0.6 is 0 Å². The summed E-state index contributed by atoms with van der Waals surface area (Å²) < 4.78 is 27.2. The summed E-state index contributed by atoms with van der Waals surface area (Å²) in [6.45, 7) is 1.07. The molecule has 0 bridgehead atoms. The van der Waals surface area contributed by atoms with Gasteiger partial charge in [0, 0.05) is 23.2 Å². The van der Waals surface area contributed by atoms with Gasteiger partial charge in [-0.05, 0) is 55.9 Å². The number of esters is 1. The van der Waals surface area contributed by atoms with Gasteiger partial charge >= 0.3 is 12.1 Å². The van der Waals surface area contributed by atoms with Gasteiger partial charge in [0.05, 0.1) is 12.2 Å². The van der Waals surface area contributed by atoms with E-state index in [1.165, 1.54) is 43.3 Å². The summed E-state index contributed by atoms with van der Waals surface area (Å²) in [5.41, 5.74) is -6.61. The van der Waals surface area contributed by atoms with Crippen molar-refractivity contribution in [3.8, 4) is 5.75 Å². The molecule has 0 saturated heterocycles. The summed E-state index contributed by atoms with van der Waals surface area (Å²) in [7, 11) is 0. The summed E-state index contributed by atoms with van der Waals surface area (Å²) in [5.74, 6) is -3.79. The highest BCUT2D eigenvalue weighted by Crippen LogP contribution is 2.69. The van der Waals surface area contributed by atoms with Crippen LogP contribution in [0.4, 0.5) is 9.18 Å². The number of hydrogen-bond acceptors (Lipinski definition) is 12. The van der Waals surface area contributed by atoms with Gasteiger partial charge in [-0.2, -0.15) is 0 Å². The molecule has 1 amide bonds. The first-order chi connectivity index (χ1) is 21.6. The summed E-state index contributed by atoms with van der Waals surface area (Å²) in [4.78, 5) is 64.6. The van der Waals surface area contributed by atoms with Crippen molar-refractivity contribution in [3.05, 3.63) is 63.7 Å². The quantitative estimate of drug-likeness (QED) is 0.0992. The van der Waals surface area contributed by atoms with Crippen LogP contribution in [0.5, 0.6) is 5.75 Å². The van der Waals surface area contributed by atoms with Crippen molar-refractivity contribution < 1.29 is 58.3 Å². The maximum atomic E-state index is 17.2. The highest BCUT2D eigenvalue weighted by molar-refractivity contribution is 5.94. The Kier molecular flexibility index (Phi) is 8.55. The van der Waals surface area contributed by atoms with Gasteiger partial charge in [0.1, 0.15) is 18.9 Å². The number of hydrogen-bond donors (Lipinski definition) is 4. The third kappa shape index (κ3) is 5.25. The second-order valence-electron chi connectivity index (χ2n) is 12.8. The molecule has 0 radical (unpaired) electrons. The molecule has 46 heavy (non-hydrogen) atoms. The van der Waals surface area contributed by atoms with Crippen LogP contribution in [0.2, 0.25) is 0 Å². The molecule has 5 rings (SSSR count). The van der Waals surface area contributed by atoms with E-state index in [1.807, 2.05) is 0 Å². The van der Waals surface area contributed by atoms with E-state index in [-0.39, 0.29) is 43.8 Å². The number of rotatable bonds is 9. The Bertz CT molecular complexity index is 1530. The number of nitrogens with zero attached hydrogens (tertiary/aromatic N) is 1. The molecular weight excluding hydrogens is 611 g/mol. The zero-order chi connectivity index (χ0) is 33.7. The van der Waals surface area contributed by atoms with Gasteiger partial charge in [0.15, 0.2) is 23.7 Å². The Hall–Kier alpha value is -4.21. The summed E-state index contributed by atoms with van der Waals surface area (Å²) >= 11 is 0. The molecule has 0 aromatic heterocycles. The number of alkyl carbamates (subject to hydrolysis) is 1. The Morgan fingerprint density at radius 2 is 1.91 bits per heavy atom. The smallest absolute Gasteiger partial charge is 0.408 e. The van der Waals surface area contributed by atoms with Gasteiger partial charge in [-0.15, -0.1) is 10.1 Å². The number of Topliss-reactive ketones (excluding diaryl/α,β-unsaturated/α-hetero) is 1. The average Bonchev–Trinajstić information content (AvgIpc) is 3.20. The number of halogens is 1. The number of fused-ring (bicyclic) bond motifs is 5. The molecule has 248 valence electrons. The van der Waals surface area contributed by atoms with Crippen LogP contribution in [0.15, 0.2) is 48.1 Å². The first-order valence-corrected chi connectivity index (χ1v) is 14.8. The van der Waals surface area contributed by atoms with Crippen LogP contribution in [0.25, 0.3) is 0 Å². The molecule has 2 fully saturated rings. The second-order valence-corrected chi connectivity index (χ2v) is 12.8. The Morgan fingerprint density at radius 1 is 1.17 bits per heavy atom. The number of ketones is 2. The van der Waals surface area contributed by atoms with E-state index in [2.05, 4.69) is 10.2 Å². The number of aliphatic hydroxyl groups excluding tert-OH is 2. The second kappa shape index (κ2) is 11.9. The number of ether oxygens (including phenoxy) is 2. The first-order valence-electron chi connectivity index (χ1n) is 14.8. The lowest BCUT2D eigenvalue weighted by atomic mass is 9.45. The van der Waals surface area contributed by atoms with Crippen LogP contribution in [0.1, 0.15) is 45.1 Å². The molecule has 4 N–H and O–H groups in total. The minimum absolute atomic E-state index is 0.0246. The molecule has 15 heteroatoms. The predicted octanol–water partition coefficient (Wildman–Crippen LogP) is 1.67. The van der Waals surface area contributed by atoms with Gasteiger partial charge in [0.2, 0.25) is 5.78 Å². The molecule has 0 unspecified atom stereocenters. The van der Waals surface area contributed by atoms with Crippen LogP contribution < -0.4 is 10.1 Å². The maximum absolute atomic E-state index is 17.2. The molecule has 4 aliphatic rings. The standard InChI is InChI=1S/C31H35FN2O12/c1-28-9-8-19(35)11-18(28)6-7-21-22-12-23(36)31(41,29(22,2)13-24(37)30(21,28)32)25(38)16-44-27(40)33-14-26(39)46-20-5-3-4-17(10-20)15-45-34(42)43/h3-6,8-10,21-24,36-37,41H,7,11-16H2,1-2H3,(H,33,40)/t21-,22-,23+,24-,28-,29-,30-,31-/m0/s1. The van der Waals surface area contributed by atoms with E-state index >= 15 is 4.39 Å². The number of carbonyl (C=O) groups is 4. The van der Waals surface area contributed by atoms with Gasteiger partial charge in [0.25, 0.3) is 5.09 Å². The molecule has 4 aliphatic carbocycles. The van der Waals surface area contributed by atoms with E-state index in [1.54, 1.807) is 13.0 Å². The number of nitrogens with one attached hydrogen (secondary N) is 1. The number of benzene rings is 1. The fraction of sp³-hybridized carbons (Fsp3) is 0.548. The normalized spacial score (nSPS) is 36.0. The van der Waals surface area contributed by atoms with E-state index in [0.29, 0.717) is 11.1 Å². The van der Waals surface area contributed by atoms with Gasteiger partial charge in [-0.3, -0.25) is 9.59 Å². The average molecular weight is 647 g/mol. The van der Waals surface area contributed by atoms with E-state index in [4.69, 9.17) is 9.47 Å². The molecule has 1 aromatic carbocycles. The fourth-order valence-electron chi connectivity index (χ4n) is 8.07. The number of carbonyl (C=O) groups excluding carboxylic acids is 4. The summed E-state index contributed by atoms with van der Waals surface area (Å²) in [5, 5.41) is 45.7. The van der Waals surface area contributed by atoms with Crippen molar-refractivity contribution in [2.45, 2.75) is 69.6 Å². The minimum Gasteiger partial charge on any atom is -0.441 e. The highest BCUT2D eigenvalue weighted by Gasteiger charge is 2.76. The van der Waals surface area contributed by atoms with E-state index in [9.17, 15) is 44.6 Å². The fourth-order valence-corrected chi connectivity index (χ4v) is 8.07. The highest BCUT2D eigenvalue weighted by atomic mass is 19.1. The Labute approximate surface area is 262 Å². The molecule has 0 heterocycles. The third-order valence-electron chi connectivity index (χ3n) is 10.4. The Morgan fingerprint density at radius 3 is 2.63 bits per heavy atom. The lowest BCUT2D eigenvalue weighted by molar-refractivity contribution is -0.763. The van der Waals surface area contributed by atoms with Crippen molar-refractivity contribution in [2.24, 2.45) is 22.7 Å². The lowest BCUT2D eigenvalue weighted by Gasteiger charge is -2.61. The van der Waals surface area contributed by atoms with Gasteiger partial charge in [-0.25, -0.2) is 14.0 Å². The number of aliphatic hydroxyl groups is 3. The van der Waals surface area contributed by atoms with Crippen LogP contribution in [0.3, 0.4) is 0 Å². The van der Waals surface area contributed by atoms with E-state index in [0.717, 1.165) is 0 Å². The topological polar surface area (TPSA) is 212 Å². The maximum Gasteiger partial charge on any atom is 0.408 e. The first kappa shape index (κ1) is 33.2. The molecule has 1 aromatic rings. The van der Waals surface area contributed by atoms with Crippen molar-refractivity contribution in [3.63, 3.8) is 0 Å². The summed E-state index contributed by atoms with van der Waals surface area (Å²) in [6, 6.07) is 5.70. The van der Waals surface area contributed by atoms with Crippen molar-refractivity contribution >= 4 is 23.6 Å². The van der Waals surface area contributed by atoms with Crippen molar-refractivity contribution in [1.29, 1.82) is 0 Å². The van der Waals surface area contributed by atoms with Crippen molar-refractivity contribution in [1.82, 2.24) is 5.32 Å². The molecule has 2 saturated carbocycles. The number of allylic oxidation sites excluding steroid dienone is 4. The summed E-state index contributed by atoms with van der Waals surface area (Å²) in [6.07, 6.45) is -0.354. The predicted molar refractivity (Wildman–Crippen MR) is 153 cm³/mol. The largest absolute Gasteiger partial charge is 0.441 e. The molecule has 0 aliphatic heterocycles. The third-order valence-corrected chi connectivity index (χ3v) is 10.4. The van der Waals surface area contributed by atoms with Crippen LogP contribution in [-0.2, 0) is 30.6 Å². The monoisotopic (exact) mass is 646 g/mol. The lowest BCUT2D eigenvalue weighted by Crippen LogP contribution is -2.69. The van der Waals surface area contributed by atoms with Crippen LogP contribution in [-0.4, -0.2) is 80.7 Å². The van der Waals surface area contributed by atoms with Gasteiger partial charge < -0.3 is 34.9 Å². The molecule has 14 nitrogen and oxygen atoms in total. The van der Waals surface area contributed by atoms with Gasteiger partial charge in [-0.1, -0.05) is 36.8 Å². The molecular formula is C31H35FN2O12. The Balaban J connectivity index is 1.21. The van der Waals surface area contributed by atoms with Crippen LogP contribution in [0, 0.1) is 32.8 Å². The number of amides is 1. The zero-order valence-electron chi connectivity index (χ0n) is 25.1. The van der Waals surface area contributed by atoms with E-state index < -0.39 is 82.2 Å².